The van der Waals surface area contributed by atoms with Crippen LogP contribution in [-0.4, -0.2) is 17.0 Å². The summed E-state index contributed by atoms with van der Waals surface area (Å²) in [5.74, 6) is -2.56. The molecule has 0 radical (unpaired) electrons. The van der Waals surface area contributed by atoms with E-state index >= 15 is 0 Å². The largest absolute Gasteiger partial charge is 0.474 e. The number of ether oxygens (including phenoxy) is 1. The molecule has 0 spiro atoms. The van der Waals surface area contributed by atoms with Gasteiger partial charge < -0.3 is 9.84 Å². The molecule has 1 N–H and O–H groups in total. The molecule has 0 aliphatic carbocycles. The maximum absolute atomic E-state index is 12.6. The normalized spacial score (nSPS) is 11.6. The first-order valence-electron chi connectivity index (χ1n) is 6.18. The molecule has 0 saturated heterocycles. The molecule has 4 nitrogen and oxygen atoms in total. The molecule has 2 rings (SSSR count). The second kappa shape index (κ2) is 8.03. The lowest BCUT2D eigenvalue weighted by Crippen LogP contribution is -2.20. The van der Waals surface area contributed by atoms with E-state index in [0.29, 0.717) is 11.1 Å². The zero-order valence-electron chi connectivity index (χ0n) is 11.7. The Balaban J connectivity index is 0.00000288. The minimum atomic E-state index is -4.56. The Hall–Kier alpha value is -2.25. The number of hydrogen-bond donors (Lipinski definition) is 1. The van der Waals surface area contributed by atoms with Crippen molar-refractivity contribution in [1.82, 2.24) is 0 Å². The lowest BCUT2D eigenvalue weighted by molar-refractivity contribution is -0.137. The standard InChI is InChI=1S/C15H9ClF3NO3.ClH/c16-10-4-6-11(7-5-10)20-13(14(21)22)23-12-3-1-2-9(8-12)15(17,18)19;/h1-8H,(H,21,22);1H. The van der Waals surface area contributed by atoms with Gasteiger partial charge >= 0.3 is 18.0 Å². The summed E-state index contributed by atoms with van der Waals surface area (Å²) in [5, 5.41) is 9.51. The highest BCUT2D eigenvalue weighted by Gasteiger charge is 2.30. The molecule has 0 heterocycles. The third-order valence-electron chi connectivity index (χ3n) is 2.62. The Labute approximate surface area is 146 Å². The van der Waals surface area contributed by atoms with Crippen LogP contribution in [-0.2, 0) is 11.0 Å². The van der Waals surface area contributed by atoms with Crippen molar-refractivity contribution in [2.45, 2.75) is 6.18 Å². The van der Waals surface area contributed by atoms with Crippen LogP contribution in [0.15, 0.2) is 53.5 Å². The average Bonchev–Trinajstić information content (AvgIpc) is 2.48. The quantitative estimate of drug-likeness (QED) is 0.591. The molecular weight excluding hydrogens is 370 g/mol. The van der Waals surface area contributed by atoms with Crippen molar-refractivity contribution in [3.05, 3.63) is 59.1 Å². The summed E-state index contributed by atoms with van der Waals surface area (Å²) in [4.78, 5) is 14.9. The minimum absolute atomic E-state index is 0. The van der Waals surface area contributed by atoms with Crippen LogP contribution in [0.4, 0.5) is 18.9 Å². The van der Waals surface area contributed by atoms with E-state index in [1.807, 2.05) is 0 Å². The molecule has 0 aromatic heterocycles. The Bertz CT molecular complexity index is 746. The average molecular weight is 380 g/mol. The highest BCUT2D eigenvalue weighted by atomic mass is 35.5. The summed E-state index contributed by atoms with van der Waals surface area (Å²) in [6.07, 6.45) is -4.56. The van der Waals surface area contributed by atoms with Crippen molar-refractivity contribution in [3.8, 4) is 5.75 Å². The number of alkyl halides is 3. The summed E-state index contributed by atoms with van der Waals surface area (Å²) >= 11 is 5.70. The second-order valence-corrected chi connectivity index (χ2v) is 4.76. The zero-order chi connectivity index (χ0) is 17.0. The number of benzene rings is 2. The molecule has 9 heteroatoms. The number of aliphatic carboxylic acids is 1. The number of carboxylic acids is 1. The smallest absolute Gasteiger partial charge is 0.416 e. The fourth-order valence-corrected chi connectivity index (χ4v) is 1.72. The Morgan fingerprint density at radius 3 is 2.29 bits per heavy atom. The molecule has 0 bridgehead atoms. The van der Waals surface area contributed by atoms with Gasteiger partial charge in [-0.1, -0.05) is 17.7 Å². The van der Waals surface area contributed by atoms with Crippen LogP contribution in [0.5, 0.6) is 5.75 Å². The molecule has 0 aliphatic heterocycles. The summed E-state index contributed by atoms with van der Waals surface area (Å²) in [6.45, 7) is 0. The van der Waals surface area contributed by atoms with Gasteiger partial charge in [0.1, 0.15) is 5.75 Å². The molecule has 2 aromatic rings. The lowest BCUT2D eigenvalue weighted by Gasteiger charge is -2.09. The van der Waals surface area contributed by atoms with Gasteiger partial charge in [0.15, 0.2) is 0 Å². The van der Waals surface area contributed by atoms with E-state index in [9.17, 15) is 18.0 Å². The third-order valence-corrected chi connectivity index (χ3v) is 2.87. The van der Waals surface area contributed by atoms with Gasteiger partial charge in [0.2, 0.25) is 0 Å². The molecule has 0 unspecified atom stereocenters. The van der Waals surface area contributed by atoms with Crippen LogP contribution in [0.1, 0.15) is 5.56 Å². The van der Waals surface area contributed by atoms with Crippen molar-refractivity contribution in [2.24, 2.45) is 4.99 Å². The second-order valence-electron chi connectivity index (χ2n) is 4.33. The van der Waals surface area contributed by atoms with Crippen molar-refractivity contribution in [2.75, 3.05) is 0 Å². The number of carboxylic acid groups (broad SMARTS) is 1. The first kappa shape index (κ1) is 19.8. The van der Waals surface area contributed by atoms with Crippen molar-refractivity contribution < 1.29 is 27.8 Å². The Morgan fingerprint density at radius 2 is 1.75 bits per heavy atom. The number of nitrogens with zero attached hydrogens (tertiary/aromatic N) is 1. The summed E-state index contributed by atoms with van der Waals surface area (Å²) in [7, 11) is 0. The summed E-state index contributed by atoms with van der Waals surface area (Å²) in [5.41, 5.74) is -0.718. The van der Waals surface area contributed by atoms with E-state index in [0.717, 1.165) is 12.1 Å². The van der Waals surface area contributed by atoms with Gasteiger partial charge in [0, 0.05) is 5.02 Å². The number of aliphatic imine (C=N–C) groups is 1. The highest BCUT2D eigenvalue weighted by Crippen LogP contribution is 2.31. The van der Waals surface area contributed by atoms with E-state index < -0.39 is 23.6 Å². The highest BCUT2D eigenvalue weighted by molar-refractivity contribution is 6.33. The van der Waals surface area contributed by atoms with Gasteiger partial charge in [-0.25, -0.2) is 9.79 Å². The first-order valence-corrected chi connectivity index (χ1v) is 6.56. The van der Waals surface area contributed by atoms with Crippen LogP contribution in [0.25, 0.3) is 0 Å². The number of halogens is 5. The van der Waals surface area contributed by atoms with Crippen molar-refractivity contribution >= 4 is 41.6 Å². The maximum Gasteiger partial charge on any atom is 0.416 e. The third kappa shape index (κ3) is 5.43. The molecule has 0 aliphatic rings. The fourth-order valence-electron chi connectivity index (χ4n) is 1.59. The number of rotatable bonds is 2. The van der Waals surface area contributed by atoms with Crippen LogP contribution < -0.4 is 4.74 Å². The topological polar surface area (TPSA) is 58.9 Å². The van der Waals surface area contributed by atoms with Gasteiger partial charge in [-0.05, 0) is 42.5 Å². The van der Waals surface area contributed by atoms with E-state index in [4.69, 9.17) is 21.4 Å². The molecular formula is C15H10Cl2F3NO3. The van der Waals surface area contributed by atoms with Crippen LogP contribution in [0.2, 0.25) is 5.02 Å². The fraction of sp³-hybridized carbons (Fsp3) is 0.0667. The molecule has 24 heavy (non-hydrogen) atoms. The number of hydrogen-bond acceptors (Lipinski definition) is 3. The molecule has 128 valence electrons. The summed E-state index contributed by atoms with van der Waals surface area (Å²) in [6, 6.07) is 9.73. The van der Waals surface area contributed by atoms with E-state index in [-0.39, 0.29) is 23.8 Å². The minimum Gasteiger partial charge on any atom is -0.474 e. The van der Waals surface area contributed by atoms with Gasteiger partial charge in [-0.15, -0.1) is 12.4 Å². The predicted octanol–water partition coefficient (Wildman–Crippen LogP) is 4.97. The predicted molar refractivity (Wildman–Crippen MR) is 85.5 cm³/mol. The summed E-state index contributed by atoms with van der Waals surface area (Å²) < 4.78 is 42.9. The monoisotopic (exact) mass is 379 g/mol. The molecule has 2 aromatic carbocycles. The van der Waals surface area contributed by atoms with Gasteiger partial charge in [0.05, 0.1) is 11.3 Å². The van der Waals surface area contributed by atoms with E-state index in [1.54, 1.807) is 0 Å². The lowest BCUT2D eigenvalue weighted by atomic mass is 10.2. The van der Waals surface area contributed by atoms with E-state index in [2.05, 4.69) is 4.99 Å². The van der Waals surface area contributed by atoms with Crippen LogP contribution in [0, 0.1) is 0 Å². The van der Waals surface area contributed by atoms with Crippen LogP contribution in [0.3, 0.4) is 0 Å². The molecule has 0 atom stereocenters. The SMILES string of the molecule is Cl.O=C(O)C(=Nc1ccc(Cl)cc1)Oc1cccc(C(F)(F)F)c1. The zero-order valence-corrected chi connectivity index (χ0v) is 13.3. The molecule has 0 amide bonds. The van der Waals surface area contributed by atoms with E-state index in [1.165, 1.54) is 30.3 Å². The maximum atomic E-state index is 12.6. The molecule has 0 fully saturated rings. The van der Waals surface area contributed by atoms with Gasteiger partial charge in [-0.2, -0.15) is 13.2 Å². The van der Waals surface area contributed by atoms with Gasteiger partial charge in [0.25, 0.3) is 0 Å². The Kier molecular flexibility index (Phi) is 6.62. The number of carbonyl (C=O) groups is 1. The first-order chi connectivity index (χ1) is 10.8. The van der Waals surface area contributed by atoms with Crippen molar-refractivity contribution in [3.63, 3.8) is 0 Å². The van der Waals surface area contributed by atoms with Crippen LogP contribution >= 0.6 is 24.0 Å². The molecule has 0 saturated carbocycles. The van der Waals surface area contributed by atoms with Crippen molar-refractivity contribution in [1.29, 1.82) is 0 Å². The Morgan fingerprint density at radius 1 is 1.12 bits per heavy atom. The van der Waals surface area contributed by atoms with Gasteiger partial charge in [-0.3, -0.25) is 0 Å².